The van der Waals surface area contributed by atoms with Gasteiger partial charge in [-0.05, 0) is 72.9 Å². The van der Waals surface area contributed by atoms with Gasteiger partial charge in [0.05, 0.1) is 24.0 Å². The second-order valence-corrected chi connectivity index (χ2v) is 13.2. The van der Waals surface area contributed by atoms with Crippen molar-refractivity contribution in [2.75, 3.05) is 30.3 Å². The van der Waals surface area contributed by atoms with Gasteiger partial charge >= 0.3 is 0 Å². The fourth-order valence-corrected chi connectivity index (χ4v) is 6.75. The summed E-state index contributed by atoms with van der Waals surface area (Å²) in [5, 5.41) is 13.6. The van der Waals surface area contributed by atoms with E-state index >= 15 is 0 Å². The van der Waals surface area contributed by atoms with Crippen molar-refractivity contribution in [1.29, 1.82) is 0 Å². The number of likely N-dealkylation sites (tertiary alicyclic amines) is 1. The number of hydrogen-bond donors (Lipinski definition) is 2. The third kappa shape index (κ3) is 6.26. The Labute approximate surface area is 239 Å². The number of aliphatic hydroxyl groups excluding tert-OH is 1. The molecule has 1 aliphatic heterocycles. The highest BCUT2D eigenvalue weighted by molar-refractivity contribution is 7.92. The number of rotatable bonds is 10. The molecule has 2 N–H and O–H groups in total. The van der Waals surface area contributed by atoms with Crippen LogP contribution in [-0.4, -0.2) is 61.9 Å². The van der Waals surface area contributed by atoms with Crippen LogP contribution in [-0.2, 0) is 10.0 Å². The Morgan fingerprint density at radius 1 is 1.03 bits per heavy atom. The molecular weight excluding hydrogens is 557 g/mol. The van der Waals surface area contributed by atoms with Crippen LogP contribution in [0.5, 0.6) is 0 Å². The van der Waals surface area contributed by atoms with Crippen LogP contribution < -0.4 is 9.62 Å². The van der Waals surface area contributed by atoms with Crippen LogP contribution in [0.2, 0.25) is 10.0 Å². The second-order valence-electron chi connectivity index (χ2n) is 10.4. The van der Waals surface area contributed by atoms with E-state index in [9.17, 15) is 18.3 Å². The molecule has 0 unspecified atom stereocenters. The number of nitrogens with one attached hydrogen (secondary N) is 1. The lowest BCUT2D eigenvalue weighted by Gasteiger charge is -2.48. The lowest BCUT2D eigenvalue weighted by molar-refractivity contribution is 0.0923. The molecule has 0 radical (unpaired) electrons. The molecular formula is C29H31Cl2N3O4S. The van der Waals surface area contributed by atoms with E-state index < -0.39 is 10.0 Å². The van der Waals surface area contributed by atoms with E-state index in [1.165, 1.54) is 10.6 Å². The highest BCUT2D eigenvalue weighted by atomic mass is 35.5. The predicted molar refractivity (Wildman–Crippen MR) is 155 cm³/mol. The molecule has 0 aromatic heterocycles. The molecule has 5 rings (SSSR count). The summed E-state index contributed by atoms with van der Waals surface area (Å²) in [6.07, 6.45) is 3.36. The fraction of sp³-hybridized carbons (Fsp3) is 0.345. The standard InChI is InChI=1S/C29H31Cl2N3O4S/c1-39(37,38)34(25-4-2-3-22(17-25)28(36)32-29(13-14-29)15-16-35)26-18-33(19-26)27(20-5-9-23(30)10-6-20)21-7-11-24(31)12-8-21/h2-12,17,26-27,35H,13-16,18-19H2,1H3,(H,32,36). The molecule has 3 aromatic carbocycles. The lowest BCUT2D eigenvalue weighted by Crippen LogP contribution is -2.61. The topological polar surface area (TPSA) is 90.0 Å². The smallest absolute Gasteiger partial charge is 0.251 e. The maximum absolute atomic E-state index is 13.0. The molecule has 1 heterocycles. The first-order valence-electron chi connectivity index (χ1n) is 12.9. The molecule has 3 aromatic rings. The molecule has 206 valence electrons. The number of hydrogen-bond acceptors (Lipinski definition) is 5. The minimum Gasteiger partial charge on any atom is -0.396 e. The summed E-state index contributed by atoms with van der Waals surface area (Å²) in [7, 11) is -3.63. The number of anilines is 1. The summed E-state index contributed by atoms with van der Waals surface area (Å²) >= 11 is 12.3. The molecule has 0 spiro atoms. The zero-order valence-corrected chi connectivity index (χ0v) is 23.9. The van der Waals surface area contributed by atoms with Crippen LogP contribution in [0.1, 0.15) is 46.8 Å². The number of halogens is 2. The van der Waals surface area contributed by atoms with E-state index in [1.807, 2.05) is 48.5 Å². The lowest BCUT2D eigenvalue weighted by atomic mass is 9.93. The van der Waals surface area contributed by atoms with E-state index in [1.54, 1.807) is 24.3 Å². The number of carbonyl (C=O) groups excluding carboxylic acids is 1. The molecule has 10 heteroatoms. The first kappa shape index (κ1) is 27.9. The van der Waals surface area contributed by atoms with Crippen LogP contribution in [0, 0.1) is 0 Å². The van der Waals surface area contributed by atoms with E-state index in [0.717, 1.165) is 24.0 Å². The summed E-state index contributed by atoms with van der Waals surface area (Å²) in [5.41, 5.74) is 2.58. The normalized spacial score (nSPS) is 17.1. The van der Waals surface area contributed by atoms with Gasteiger partial charge in [-0.25, -0.2) is 8.42 Å². The van der Waals surface area contributed by atoms with Gasteiger partial charge in [-0.1, -0.05) is 53.5 Å². The van der Waals surface area contributed by atoms with E-state index in [2.05, 4.69) is 10.2 Å². The summed E-state index contributed by atoms with van der Waals surface area (Å²) in [5.74, 6) is -0.267. The number of aliphatic hydroxyl groups is 1. The van der Waals surface area contributed by atoms with Gasteiger partial charge in [0.25, 0.3) is 5.91 Å². The second kappa shape index (κ2) is 11.1. The molecule has 1 amide bonds. The molecule has 2 aliphatic rings. The largest absolute Gasteiger partial charge is 0.396 e. The van der Waals surface area contributed by atoms with Crippen molar-refractivity contribution in [3.63, 3.8) is 0 Å². The van der Waals surface area contributed by atoms with Crippen molar-refractivity contribution >= 4 is 44.8 Å². The van der Waals surface area contributed by atoms with Crippen LogP contribution in [0.4, 0.5) is 5.69 Å². The van der Waals surface area contributed by atoms with Crippen molar-refractivity contribution in [1.82, 2.24) is 10.2 Å². The number of nitrogens with zero attached hydrogens (tertiary/aromatic N) is 2. The monoisotopic (exact) mass is 587 g/mol. The van der Waals surface area contributed by atoms with E-state index in [0.29, 0.717) is 40.8 Å². The third-order valence-corrected chi connectivity index (χ3v) is 9.23. The molecule has 39 heavy (non-hydrogen) atoms. The molecule has 0 bridgehead atoms. The van der Waals surface area contributed by atoms with Gasteiger partial charge in [-0.3, -0.25) is 14.0 Å². The summed E-state index contributed by atoms with van der Waals surface area (Å²) in [4.78, 5) is 15.2. The van der Waals surface area contributed by atoms with Gasteiger partial charge in [-0.2, -0.15) is 0 Å². The Bertz CT molecular complexity index is 1390. The van der Waals surface area contributed by atoms with E-state index in [4.69, 9.17) is 23.2 Å². The van der Waals surface area contributed by atoms with Gasteiger partial charge in [0.1, 0.15) is 0 Å². The molecule has 1 saturated carbocycles. The SMILES string of the molecule is CS(=O)(=O)N(c1cccc(C(=O)NC2(CCO)CC2)c1)C1CN(C(c2ccc(Cl)cc2)c2ccc(Cl)cc2)C1. The molecule has 0 atom stereocenters. The highest BCUT2D eigenvalue weighted by Crippen LogP contribution is 2.39. The van der Waals surface area contributed by atoms with Crippen molar-refractivity contribution in [2.24, 2.45) is 0 Å². The Kier molecular flexibility index (Phi) is 7.95. The minimum absolute atomic E-state index is 0.00733. The summed E-state index contributed by atoms with van der Waals surface area (Å²) in [6.45, 7) is 1.01. The number of amides is 1. The Morgan fingerprint density at radius 3 is 2.08 bits per heavy atom. The van der Waals surface area contributed by atoms with Gasteiger partial charge in [0.15, 0.2) is 0 Å². The van der Waals surface area contributed by atoms with Crippen LogP contribution in [0.15, 0.2) is 72.8 Å². The molecule has 1 saturated heterocycles. The first-order valence-corrected chi connectivity index (χ1v) is 15.5. The first-order chi connectivity index (χ1) is 18.6. The van der Waals surface area contributed by atoms with Crippen molar-refractivity contribution in [3.8, 4) is 0 Å². The van der Waals surface area contributed by atoms with Crippen LogP contribution >= 0.6 is 23.2 Å². The predicted octanol–water partition coefficient (Wildman–Crippen LogP) is 4.88. The van der Waals surface area contributed by atoms with E-state index in [-0.39, 0.29) is 30.1 Å². The van der Waals surface area contributed by atoms with Crippen LogP contribution in [0.3, 0.4) is 0 Å². The minimum atomic E-state index is -3.63. The number of carbonyl (C=O) groups is 1. The zero-order valence-electron chi connectivity index (χ0n) is 21.6. The average Bonchev–Trinajstić information content (AvgIpc) is 3.63. The van der Waals surface area contributed by atoms with Crippen molar-refractivity contribution < 1.29 is 18.3 Å². The molecule has 7 nitrogen and oxygen atoms in total. The fourth-order valence-electron chi connectivity index (χ4n) is 5.32. The number of benzene rings is 3. The van der Waals surface area contributed by atoms with Gasteiger partial charge in [0.2, 0.25) is 10.0 Å². The quantitative estimate of drug-likeness (QED) is 0.353. The maximum atomic E-state index is 13.0. The van der Waals surface area contributed by atoms with Gasteiger partial charge in [0, 0.05) is 40.8 Å². The Morgan fingerprint density at radius 2 is 1.59 bits per heavy atom. The molecule has 2 fully saturated rings. The third-order valence-electron chi connectivity index (χ3n) is 7.50. The van der Waals surface area contributed by atoms with Crippen LogP contribution in [0.25, 0.3) is 0 Å². The van der Waals surface area contributed by atoms with Crippen molar-refractivity contribution in [3.05, 3.63) is 99.5 Å². The Hall–Kier alpha value is -2.62. The molecule has 1 aliphatic carbocycles. The average molecular weight is 589 g/mol. The van der Waals surface area contributed by atoms with Gasteiger partial charge in [-0.15, -0.1) is 0 Å². The van der Waals surface area contributed by atoms with Gasteiger partial charge < -0.3 is 10.4 Å². The maximum Gasteiger partial charge on any atom is 0.251 e. The number of sulfonamides is 1. The summed E-state index contributed by atoms with van der Waals surface area (Å²) in [6, 6.07) is 21.7. The van der Waals surface area contributed by atoms with Crippen molar-refractivity contribution in [2.45, 2.75) is 36.9 Å². The Balaban J connectivity index is 1.38. The highest BCUT2D eigenvalue weighted by Gasteiger charge is 2.44. The zero-order chi connectivity index (χ0) is 27.8. The summed E-state index contributed by atoms with van der Waals surface area (Å²) < 4.78 is 27.4.